The summed E-state index contributed by atoms with van der Waals surface area (Å²) in [5, 5.41) is 3.16. The van der Waals surface area contributed by atoms with Gasteiger partial charge in [-0.3, -0.25) is 9.69 Å². The maximum Gasteiger partial charge on any atom is 0.419 e. The first-order valence-corrected chi connectivity index (χ1v) is 5.63. The number of ether oxygens (including phenoxy) is 1. The van der Waals surface area contributed by atoms with Gasteiger partial charge in [0.2, 0.25) is 5.91 Å². The van der Waals surface area contributed by atoms with Gasteiger partial charge in [-0.25, -0.2) is 4.79 Å². The van der Waals surface area contributed by atoms with Gasteiger partial charge in [0.15, 0.2) is 0 Å². The van der Waals surface area contributed by atoms with E-state index in [1.807, 2.05) is 0 Å². The standard InChI is InChI=1S/C12H11ClN2O3/c1-3-18-12(17)15-7(2)11(16)14-9-5-4-8(13)6-10(9)15/h3-7H,1H2,2H3,(H,14,16)/t7-/m0/s1. The van der Waals surface area contributed by atoms with E-state index in [1.165, 1.54) is 4.90 Å². The zero-order valence-electron chi connectivity index (χ0n) is 9.64. The molecule has 0 fully saturated rings. The Morgan fingerprint density at radius 2 is 2.33 bits per heavy atom. The zero-order chi connectivity index (χ0) is 13.3. The highest BCUT2D eigenvalue weighted by molar-refractivity contribution is 6.31. The van der Waals surface area contributed by atoms with Crippen LogP contribution in [0, 0.1) is 0 Å². The Kier molecular flexibility index (Phi) is 3.25. The summed E-state index contributed by atoms with van der Waals surface area (Å²) in [5.41, 5.74) is 1.02. The first-order chi connectivity index (χ1) is 8.54. The molecule has 0 aromatic heterocycles. The van der Waals surface area contributed by atoms with E-state index in [9.17, 15) is 9.59 Å². The second-order valence-corrected chi connectivity index (χ2v) is 4.18. The molecule has 2 amide bonds. The van der Waals surface area contributed by atoms with E-state index in [0.29, 0.717) is 16.4 Å². The van der Waals surface area contributed by atoms with Crippen molar-refractivity contribution in [1.82, 2.24) is 0 Å². The number of halogens is 1. The number of nitrogens with zero attached hydrogens (tertiary/aromatic N) is 1. The van der Waals surface area contributed by atoms with Crippen LogP contribution in [-0.4, -0.2) is 18.0 Å². The van der Waals surface area contributed by atoms with Crippen molar-refractivity contribution in [3.63, 3.8) is 0 Å². The third-order valence-electron chi connectivity index (χ3n) is 2.62. The van der Waals surface area contributed by atoms with Crippen molar-refractivity contribution in [1.29, 1.82) is 0 Å². The van der Waals surface area contributed by atoms with Gasteiger partial charge in [-0.1, -0.05) is 18.2 Å². The van der Waals surface area contributed by atoms with Crippen molar-refractivity contribution in [3.05, 3.63) is 36.1 Å². The Balaban J connectivity index is 2.50. The molecule has 18 heavy (non-hydrogen) atoms. The van der Waals surface area contributed by atoms with E-state index >= 15 is 0 Å². The first-order valence-electron chi connectivity index (χ1n) is 5.25. The van der Waals surface area contributed by atoms with Gasteiger partial charge in [0.1, 0.15) is 6.04 Å². The molecule has 0 saturated carbocycles. The minimum atomic E-state index is -0.677. The van der Waals surface area contributed by atoms with Crippen LogP contribution in [-0.2, 0) is 9.53 Å². The summed E-state index contributed by atoms with van der Waals surface area (Å²) >= 11 is 5.90. The highest BCUT2D eigenvalue weighted by atomic mass is 35.5. The predicted octanol–water partition coefficient (Wildman–Crippen LogP) is 2.77. The molecule has 1 aliphatic heterocycles. The number of hydrogen-bond donors (Lipinski definition) is 1. The molecule has 94 valence electrons. The maximum atomic E-state index is 11.8. The van der Waals surface area contributed by atoms with Gasteiger partial charge in [0.05, 0.1) is 17.6 Å². The average Bonchev–Trinajstić information content (AvgIpc) is 2.31. The number of amides is 2. The largest absolute Gasteiger partial charge is 0.419 e. The molecule has 0 unspecified atom stereocenters. The number of benzene rings is 1. The number of fused-ring (bicyclic) bond motifs is 1. The number of anilines is 2. The summed E-state index contributed by atoms with van der Waals surface area (Å²) in [6.45, 7) is 4.92. The van der Waals surface area contributed by atoms with Gasteiger partial charge < -0.3 is 10.1 Å². The SMILES string of the molecule is C=COC(=O)N1c2cc(Cl)ccc2NC(=O)[C@@H]1C. The summed E-state index contributed by atoms with van der Waals surface area (Å²) in [5.74, 6) is -0.286. The predicted molar refractivity (Wildman–Crippen MR) is 68.7 cm³/mol. The molecule has 1 atom stereocenters. The van der Waals surface area contributed by atoms with Crippen LogP contribution in [0.5, 0.6) is 0 Å². The van der Waals surface area contributed by atoms with Gasteiger partial charge >= 0.3 is 6.09 Å². The Hall–Kier alpha value is -2.01. The molecule has 0 spiro atoms. The molecule has 2 rings (SSSR count). The Labute approximate surface area is 109 Å². The molecule has 1 heterocycles. The van der Waals surface area contributed by atoms with Crippen LogP contribution in [0.25, 0.3) is 0 Å². The van der Waals surface area contributed by atoms with Crippen LogP contribution < -0.4 is 10.2 Å². The molecule has 0 bridgehead atoms. The van der Waals surface area contributed by atoms with Gasteiger partial charge in [-0.2, -0.15) is 0 Å². The highest BCUT2D eigenvalue weighted by Gasteiger charge is 2.34. The lowest BCUT2D eigenvalue weighted by molar-refractivity contribution is -0.117. The van der Waals surface area contributed by atoms with Crippen LogP contribution >= 0.6 is 11.6 Å². The van der Waals surface area contributed by atoms with Gasteiger partial charge in [-0.05, 0) is 25.1 Å². The smallest absolute Gasteiger partial charge is 0.419 e. The molecule has 0 radical (unpaired) electrons. The molecule has 1 aromatic rings. The molecule has 6 heteroatoms. The second-order valence-electron chi connectivity index (χ2n) is 3.75. The van der Waals surface area contributed by atoms with Gasteiger partial charge in [0.25, 0.3) is 0 Å². The van der Waals surface area contributed by atoms with E-state index in [4.69, 9.17) is 16.3 Å². The van der Waals surface area contributed by atoms with Gasteiger partial charge in [-0.15, -0.1) is 0 Å². The Morgan fingerprint density at radius 3 is 3.00 bits per heavy atom. The van der Waals surface area contributed by atoms with E-state index in [0.717, 1.165) is 6.26 Å². The highest BCUT2D eigenvalue weighted by Crippen LogP contribution is 2.34. The molecule has 0 saturated heterocycles. The van der Waals surface area contributed by atoms with E-state index < -0.39 is 12.1 Å². The third kappa shape index (κ3) is 2.04. The van der Waals surface area contributed by atoms with Crippen LogP contribution in [0.2, 0.25) is 5.02 Å². The van der Waals surface area contributed by atoms with E-state index in [-0.39, 0.29) is 5.91 Å². The quantitative estimate of drug-likeness (QED) is 0.795. The first kappa shape index (κ1) is 12.4. The zero-order valence-corrected chi connectivity index (χ0v) is 10.4. The van der Waals surface area contributed by atoms with E-state index in [1.54, 1.807) is 25.1 Å². The van der Waals surface area contributed by atoms with Crippen LogP contribution in [0.4, 0.5) is 16.2 Å². The summed E-state index contributed by atoms with van der Waals surface area (Å²) in [6, 6.07) is 4.18. The van der Waals surface area contributed by atoms with Crippen molar-refractivity contribution in [3.8, 4) is 0 Å². The second kappa shape index (κ2) is 4.70. The summed E-state index contributed by atoms with van der Waals surface area (Å²) in [6.07, 6.45) is 0.349. The lowest BCUT2D eigenvalue weighted by atomic mass is 10.1. The lowest BCUT2D eigenvalue weighted by Gasteiger charge is -2.33. The van der Waals surface area contributed by atoms with Crippen molar-refractivity contribution >= 4 is 35.0 Å². The summed E-state index contributed by atoms with van der Waals surface area (Å²) < 4.78 is 4.72. The van der Waals surface area contributed by atoms with Crippen LogP contribution in [0.3, 0.4) is 0 Å². The average molecular weight is 267 g/mol. The minimum absolute atomic E-state index is 0.286. The normalized spacial score (nSPS) is 17.8. The van der Waals surface area contributed by atoms with Crippen molar-refractivity contribution in [2.24, 2.45) is 0 Å². The van der Waals surface area contributed by atoms with Crippen LogP contribution in [0.15, 0.2) is 31.0 Å². The third-order valence-corrected chi connectivity index (χ3v) is 2.86. The number of carbonyl (C=O) groups is 2. The molecule has 1 aromatic carbocycles. The van der Waals surface area contributed by atoms with E-state index in [2.05, 4.69) is 11.9 Å². The molecule has 1 aliphatic rings. The molecule has 0 aliphatic carbocycles. The minimum Gasteiger partial charge on any atom is -0.419 e. The topological polar surface area (TPSA) is 58.6 Å². The fraction of sp³-hybridized carbons (Fsp3) is 0.167. The van der Waals surface area contributed by atoms with Crippen molar-refractivity contribution in [2.75, 3.05) is 10.2 Å². The molecular formula is C12H11ClN2O3. The summed E-state index contributed by atoms with van der Waals surface area (Å²) in [4.78, 5) is 24.8. The molecule has 1 N–H and O–H groups in total. The lowest BCUT2D eigenvalue weighted by Crippen LogP contribution is -2.49. The number of hydrogen-bond acceptors (Lipinski definition) is 3. The van der Waals surface area contributed by atoms with Crippen molar-refractivity contribution < 1.29 is 14.3 Å². The molecule has 5 nitrogen and oxygen atoms in total. The number of nitrogens with one attached hydrogen (secondary N) is 1. The number of rotatable bonds is 1. The maximum absolute atomic E-state index is 11.8. The Morgan fingerprint density at radius 1 is 1.61 bits per heavy atom. The van der Waals surface area contributed by atoms with Crippen LogP contribution in [0.1, 0.15) is 6.92 Å². The number of carbonyl (C=O) groups excluding carboxylic acids is 2. The Bertz CT molecular complexity index is 530. The fourth-order valence-electron chi connectivity index (χ4n) is 1.76. The van der Waals surface area contributed by atoms with Gasteiger partial charge in [0, 0.05) is 5.02 Å². The molecular weight excluding hydrogens is 256 g/mol. The monoisotopic (exact) mass is 266 g/mol. The van der Waals surface area contributed by atoms with Crippen molar-refractivity contribution in [2.45, 2.75) is 13.0 Å². The fourth-order valence-corrected chi connectivity index (χ4v) is 1.92. The summed E-state index contributed by atoms with van der Waals surface area (Å²) in [7, 11) is 0.